The summed E-state index contributed by atoms with van der Waals surface area (Å²) in [6.07, 6.45) is 2.83. The molecule has 47 heavy (non-hydrogen) atoms. The van der Waals surface area contributed by atoms with Crippen LogP contribution in [-0.2, 0) is 22.6 Å². The predicted octanol–water partition coefficient (Wildman–Crippen LogP) is 6.58. The van der Waals surface area contributed by atoms with Gasteiger partial charge in [-0.15, -0.1) is 0 Å². The van der Waals surface area contributed by atoms with E-state index in [1.165, 1.54) is 6.92 Å². The molecule has 248 valence electrons. The van der Waals surface area contributed by atoms with Gasteiger partial charge in [-0.25, -0.2) is 17.6 Å². The maximum absolute atomic E-state index is 14.8. The van der Waals surface area contributed by atoms with Crippen molar-refractivity contribution in [3.8, 4) is 5.75 Å². The average molecular weight is 674 g/mol. The number of carbonyl (C=O) groups is 2. The summed E-state index contributed by atoms with van der Waals surface area (Å²) in [5.41, 5.74) is 2.94. The van der Waals surface area contributed by atoms with Crippen LogP contribution in [0.15, 0.2) is 54.1 Å². The Labute approximate surface area is 274 Å². The van der Waals surface area contributed by atoms with E-state index in [0.717, 1.165) is 47.7 Å². The molecule has 12 heteroatoms. The third kappa shape index (κ3) is 7.01. The van der Waals surface area contributed by atoms with Gasteiger partial charge in [0, 0.05) is 43.2 Å². The van der Waals surface area contributed by atoms with Crippen LogP contribution in [-0.4, -0.2) is 59.4 Å². The molecule has 2 amide bonds. The molecule has 0 radical (unpaired) electrons. The predicted molar refractivity (Wildman–Crippen MR) is 166 cm³/mol. The molecule has 1 aliphatic carbocycles. The van der Waals surface area contributed by atoms with Gasteiger partial charge in [-0.1, -0.05) is 35.9 Å². The summed E-state index contributed by atoms with van der Waals surface area (Å²) in [4.78, 5) is 30.1. The van der Waals surface area contributed by atoms with Crippen LogP contribution in [0.5, 0.6) is 5.75 Å². The monoisotopic (exact) mass is 673 g/mol. The van der Waals surface area contributed by atoms with Crippen LogP contribution in [0.25, 0.3) is 5.57 Å². The Morgan fingerprint density at radius 1 is 0.936 bits per heavy atom. The van der Waals surface area contributed by atoms with E-state index in [0.29, 0.717) is 37.4 Å². The number of ether oxygens (including phenoxy) is 1. The number of nitrogens with zero attached hydrogens (tertiary/aromatic N) is 2. The average Bonchev–Trinajstić information content (AvgIpc) is 3.89. The number of aryl methyl sites for hydroxylation is 1. The molecule has 6 nitrogen and oxygen atoms in total. The molecule has 3 aromatic carbocycles. The summed E-state index contributed by atoms with van der Waals surface area (Å²) in [5, 5.41) is 3.14. The molecule has 2 aliphatic heterocycles. The molecular weight excluding hydrogens is 641 g/mol. The molecule has 3 aromatic rings. The van der Waals surface area contributed by atoms with E-state index in [4.69, 9.17) is 16.3 Å². The summed E-state index contributed by atoms with van der Waals surface area (Å²) in [6, 6.07) is 10.4. The van der Waals surface area contributed by atoms with E-state index in [9.17, 15) is 31.5 Å². The highest BCUT2D eigenvalue weighted by atomic mass is 35.5. The maximum atomic E-state index is 14.8. The first-order chi connectivity index (χ1) is 22.5. The number of fused-ring (bicyclic) bond motifs is 2. The van der Waals surface area contributed by atoms with Gasteiger partial charge in [-0.05, 0) is 73.1 Å². The highest BCUT2D eigenvalue weighted by Crippen LogP contribution is 2.38. The normalized spacial score (nSPS) is 19.2. The van der Waals surface area contributed by atoms with Gasteiger partial charge in [0.05, 0.1) is 24.2 Å². The van der Waals surface area contributed by atoms with Crippen LogP contribution in [0.3, 0.4) is 0 Å². The third-order valence-corrected chi connectivity index (χ3v) is 9.37. The van der Waals surface area contributed by atoms with Crippen LogP contribution in [0.2, 0.25) is 5.02 Å². The van der Waals surface area contributed by atoms with Crippen LogP contribution in [0.4, 0.5) is 22.0 Å². The Morgan fingerprint density at radius 3 is 2.32 bits per heavy atom. The number of benzene rings is 3. The zero-order chi connectivity index (χ0) is 33.4. The van der Waals surface area contributed by atoms with Crippen molar-refractivity contribution < 1.29 is 36.3 Å². The lowest BCUT2D eigenvalue weighted by molar-refractivity contribution is -0.132. The van der Waals surface area contributed by atoms with E-state index in [2.05, 4.69) is 5.32 Å². The molecular formula is C35H33ClF5N3O3. The van der Waals surface area contributed by atoms with E-state index in [1.54, 1.807) is 9.80 Å². The molecule has 1 N–H and O–H groups in total. The number of halogens is 6. The first kappa shape index (κ1) is 33.0. The number of hydrogen-bond donors (Lipinski definition) is 1. The fraction of sp³-hybridized carbons (Fsp3) is 0.371. The third-order valence-electron chi connectivity index (χ3n) is 8.96. The Morgan fingerprint density at radius 2 is 1.62 bits per heavy atom. The van der Waals surface area contributed by atoms with E-state index in [-0.39, 0.29) is 54.2 Å². The van der Waals surface area contributed by atoms with Crippen molar-refractivity contribution in [1.29, 1.82) is 0 Å². The Bertz CT molecular complexity index is 1730. The quantitative estimate of drug-likeness (QED) is 0.150. The fourth-order valence-corrected chi connectivity index (χ4v) is 6.59. The van der Waals surface area contributed by atoms with Gasteiger partial charge in [0.25, 0.3) is 5.91 Å². The molecule has 2 heterocycles. The minimum absolute atomic E-state index is 0.0303. The number of piperazine rings is 1. The van der Waals surface area contributed by atoms with E-state index < -0.39 is 40.9 Å². The van der Waals surface area contributed by atoms with Crippen molar-refractivity contribution in [3.05, 3.63) is 105 Å². The van der Waals surface area contributed by atoms with Crippen molar-refractivity contribution >= 4 is 29.0 Å². The van der Waals surface area contributed by atoms with Gasteiger partial charge in [0.2, 0.25) is 11.7 Å². The van der Waals surface area contributed by atoms with Gasteiger partial charge in [-0.2, -0.15) is 4.39 Å². The van der Waals surface area contributed by atoms with Crippen LogP contribution in [0, 0.1) is 29.1 Å². The molecule has 3 aliphatic rings. The summed E-state index contributed by atoms with van der Waals surface area (Å²) in [5.74, 6) is -6.15. The molecule has 2 unspecified atom stereocenters. The highest BCUT2D eigenvalue weighted by molar-refractivity contribution is 6.31. The summed E-state index contributed by atoms with van der Waals surface area (Å²) in [6.45, 7) is 2.04. The zero-order valence-corrected chi connectivity index (χ0v) is 26.4. The number of nitrogens with one attached hydrogen (secondary N) is 1. The lowest BCUT2D eigenvalue weighted by atomic mass is 9.82. The van der Waals surface area contributed by atoms with Gasteiger partial charge < -0.3 is 19.9 Å². The Kier molecular flexibility index (Phi) is 9.57. The standard InChI is InChI=1S/C35H33ClF5N3O3/c1-19(45)43-16-22-15-24(21-6-4-20(5-7-21)3-2-14-47-34-29(40)13-12-28(39)33(34)41)31(30(18-43)42-22)35(46)44(23-8-9-23)17-25-26(37)10-11-27(38)32(25)36/h4-7,10-13,22-23,30,42H,2-3,8-9,14-18H2,1H3. The Balaban J connectivity index is 1.25. The largest absolute Gasteiger partial charge is 0.488 e. The van der Waals surface area contributed by atoms with Crippen molar-refractivity contribution in [2.24, 2.45) is 0 Å². The molecule has 6 rings (SSSR count). The minimum Gasteiger partial charge on any atom is -0.488 e. The van der Waals surface area contributed by atoms with Gasteiger partial charge in [0.1, 0.15) is 11.6 Å². The molecule has 2 atom stereocenters. The van der Waals surface area contributed by atoms with Gasteiger partial charge in [-0.3, -0.25) is 9.59 Å². The first-order valence-corrected chi connectivity index (χ1v) is 15.9. The minimum atomic E-state index is -1.37. The SMILES string of the molecule is CC(=O)N1CC2CC(c3ccc(CCCOc4c(F)ccc(F)c4F)cc3)=C(C(=O)N(Cc3c(F)ccc(F)c3Cl)C3CC3)C(C1)N2. The van der Waals surface area contributed by atoms with E-state index >= 15 is 0 Å². The highest BCUT2D eigenvalue weighted by Gasteiger charge is 2.43. The molecule has 0 aromatic heterocycles. The molecule has 2 fully saturated rings. The van der Waals surface area contributed by atoms with Crippen molar-refractivity contribution in [3.63, 3.8) is 0 Å². The maximum Gasteiger partial charge on any atom is 0.252 e. The first-order valence-electron chi connectivity index (χ1n) is 15.5. The summed E-state index contributed by atoms with van der Waals surface area (Å²) < 4.78 is 75.5. The van der Waals surface area contributed by atoms with Crippen LogP contribution >= 0.6 is 11.6 Å². The lowest BCUT2D eigenvalue weighted by Crippen LogP contribution is -2.61. The van der Waals surface area contributed by atoms with Crippen molar-refractivity contribution in [2.75, 3.05) is 19.7 Å². The number of rotatable bonds is 10. The summed E-state index contributed by atoms with van der Waals surface area (Å²) in [7, 11) is 0. The van der Waals surface area contributed by atoms with Crippen LogP contribution < -0.4 is 10.1 Å². The lowest BCUT2D eigenvalue weighted by Gasteiger charge is -2.44. The number of hydrogen-bond acceptors (Lipinski definition) is 4. The van der Waals surface area contributed by atoms with Crippen molar-refractivity contribution in [1.82, 2.24) is 15.1 Å². The van der Waals surface area contributed by atoms with E-state index in [1.807, 2.05) is 24.3 Å². The molecule has 0 spiro atoms. The Hall–Kier alpha value is -3.96. The number of amides is 2. The number of carbonyl (C=O) groups excluding carboxylic acids is 2. The van der Waals surface area contributed by atoms with Crippen molar-refractivity contribution in [2.45, 2.75) is 63.7 Å². The smallest absolute Gasteiger partial charge is 0.252 e. The molecule has 1 saturated carbocycles. The second kappa shape index (κ2) is 13.6. The van der Waals surface area contributed by atoms with Crippen LogP contribution in [0.1, 0.15) is 49.3 Å². The summed E-state index contributed by atoms with van der Waals surface area (Å²) >= 11 is 6.15. The fourth-order valence-electron chi connectivity index (χ4n) is 6.38. The second-order valence-corrected chi connectivity index (χ2v) is 12.6. The molecule has 2 bridgehead atoms. The second-order valence-electron chi connectivity index (χ2n) is 12.2. The van der Waals surface area contributed by atoms with Gasteiger partial charge in [0.15, 0.2) is 17.4 Å². The van der Waals surface area contributed by atoms with Gasteiger partial charge >= 0.3 is 0 Å². The molecule has 1 saturated heterocycles. The zero-order valence-electron chi connectivity index (χ0n) is 25.6. The topological polar surface area (TPSA) is 61.9 Å².